The zero-order chi connectivity index (χ0) is 24.9. The highest BCUT2D eigenvalue weighted by atomic mass is 16.5. The molecule has 1 N–H and O–H groups in total. The normalized spacial score (nSPS) is 17.5. The van der Waals surface area contributed by atoms with E-state index in [0.29, 0.717) is 24.2 Å². The highest BCUT2D eigenvalue weighted by Crippen LogP contribution is 2.37. The molecule has 1 aromatic heterocycles. The van der Waals surface area contributed by atoms with Gasteiger partial charge >= 0.3 is 0 Å². The van der Waals surface area contributed by atoms with Gasteiger partial charge < -0.3 is 14.7 Å². The highest BCUT2D eigenvalue weighted by molar-refractivity contribution is 5.93. The number of rotatable bonds is 9. The molecule has 36 heavy (non-hydrogen) atoms. The van der Waals surface area contributed by atoms with Crippen molar-refractivity contribution in [2.45, 2.75) is 50.7 Å². The van der Waals surface area contributed by atoms with Crippen LogP contribution in [0.15, 0.2) is 72.9 Å². The molecule has 1 aliphatic heterocycles. The van der Waals surface area contributed by atoms with Crippen molar-refractivity contribution in [3.05, 3.63) is 89.7 Å². The van der Waals surface area contributed by atoms with Crippen LogP contribution in [0.25, 0.3) is 0 Å². The maximum Gasteiger partial charge on any atom is 0.272 e. The number of aromatic hydroxyl groups is 1. The van der Waals surface area contributed by atoms with Crippen molar-refractivity contribution in [3.8, 4) is 11.5 Å². The molecule has 0 bridgehead atoms. The smallest absolute Gasteiger partial charge is 0.272 e. The van der Waals surface area contributed by atoms with Gasteiger partial charge in [0.25, 0.3) is 5.91 Å². The molecule has 188 valence electrons. The summed E-state index contributed by atoms with van der Waals surface area (Å²) in [6.45, 7) is 2.50. The lowest BCUT2D eigenvalue weighted by atomic mass is 9.84. The van der Waals surface area contributed by atoms with E-state index in [9.17, 15) is 9.90 Å². The summed E-state index contributed by atoms with van der Waals surface area (Å²) in [7, 11) is 1.64. The lowest BCUT2D eigenvalue weighted by Gasteiger charge is -2.42. The Bertz CT molecular complexity index is 1140. The summed E-state index contributed by atoms with van der Waals surface area (Å²) in [5, 5.41) is 10.4. The van der Waals surface area contributed by atoms with Gasteiger partial charge in [-0.25, -0.2) is 0 Å². The number of methoxy groups -OCH3 is 1. The minimum atomic E-state index is 0.0559. The van der Waals surface area contributed by atoms with Gasteiger partial charge in [-0.3, -0.25) is 14.7 Å². The molecular weight excluding hydrogens is 450 g/mol. The molecule has 1 amide bonds. The first-order valence-electron chi connectivity index (χ1n) is 13.0. The zero-order valence-corrected chi connectivity index (χ0v) is 20.9. The molecule has 6 heteroatoms. The van der Waals surface area contributed by atoms with E-state index in [-0.39, 0.29) is 17.7 Å². The van der Waals surface area contributed by atoms with E-state index in [0.717, 1.165) is 56.5 Å². The van der Waals surface area contributed by atoms with E-state index in [1.54, 1.807) is 19.4 Å². The van der Waals surface area contributed by atoms with Crippen LogP contribution >= 0.6 is 0 Å². The van der Waals surface area contributed by atoms with Crippen LogP contribution in [-0.2, 0) is 13.0 Å². The van der Waals surface area contributed by atoms with Crippen LogP contribution in [-0.4, -0.2) is 58.1 Å². The van der Waals surface area contributed by atoms with E-state index in [4.69, 9.17) is 4.74 Å². The van der Waals surface area contributed by atoms with Crippen LogP contribution < -0.4 is 4.74 Å². The Hall–Kier alpha value is -3.38. The van der Waals surface area contributed by atoms with Gasteiger partial charge in [0.2, 0.25) is 0 Å². The van der Waals surface area contributed by atoms with Crippen LogP contribution in [0.3, 0.4) is 0 Å². The predicted molar refractivity (Wildman–Crippen MR) is 140 cm³/mol. The lowest BCUT2D eigenvalue weighted by Crippen LogP contribution is -2.50. The Labute approximate surface area is 213 Å². The summed E-state index contributed by atoms with van der Waals surface area (Å²) in [4.78, 5) is 22.7. The van der Waals surface area contributed by atoms with Crippen LogP contribution in [0.5, 0.6) is 11.5 Å². The number of benzene rings is 2. The molecule has 2 aromatic carbocycles. The molecule has 1 saturated carbocycles. The minimum absolute atomic E-state index is 0.0559. The number of pyridine rings is 1. The van der Waals surface area contributed by atoms with E-state index in [1.165, 1.54) is 5.56 Å². The van der Waals surface area contributed by atoms with Gasteiger partial charge in [0, 0.05) is 30.4 Å². The molecule has 2 fully saturated rings. The molecule has 1 aliphatic carbocycles. The van der Waals surface area contributed by atoms with Gasteiger partial charge in [0.1, 0.15) is 17.2 Å². The van der Waals surface area contributed by atoms with Crippen LogP contribution in [0, 0.1) is 5.92 Å². The first-order valence-corrected chi connectivity index (χ1v) is 13.0. The van der Waals surface area contributed by atoms with Gasteiger partial charge in [0.05, 0.1) is 7.11 Å². The van der Waals surface area contributed by atoms with Crippen molar-refractivity contribution in [3.63, 3.8) is 0 Å². The predicted octanol–water partition coefficient (Wildman–Crippen LogP) is 4.92. The molecule has 2 heterocycles. The summed E-state index contributed by atoms with van der Waals surface area (Å²) in [6.07, 6.45) is 6.70. The fourth-order valence-electron chi connectivity index (χ4n) is 5.53. The lowest BCUT2D eigenvalue weighted by molar-refractivity contribution is 0.0475. The molecule has 0 spiro atoms. The van der Waals surface area contributed by atoms with Crippen molar-refractivity contribution < 1.29 is 14.6 Å². The largest absolute Gasteiger partial charge is 0.507 e. The second kappa shape index (κ2) is 11.1. The van der Waals surface area contributed by atoms with Crippen LogP contribution in [0.2, 0.25) is 0 Å². The third-order valence-electron chi connectivity index (χ3n) is 7.59. The SMILES string of the molecule is COc1cccc(O)c1CN1CCC([C@@H](Cc2ccccc2)N(C(=O)c2ccccn2)C2CC2)CC1. The second-order valence-corrected chi connectivity index (χ2v) is 9.99. The summed E-state index contributed by atoms with van der Waals surface area (Å²) in [5.41, 5.74) is 2.64. The fourth-order valence-corrected chi connectivity index (χ4v) is 5.53. The second-order valence-electron chi connectivity index (χ2n) is 9.99. The van der Waals surface area contributed by atoms with Crippen molar-refractivity contribution in [2.75, 3.05) is 20.2 Å². The molecule has 3 aromatic rings. The average molecular weight is 486 g/mol. The number of nitrogens with zero attached hydrogens (tertiary/aromatic N) is 3. The molecular formula is C30H35N3O3. The van der Waals surface area contributed by atoms with Gasteiger partial charge in [-0.05, 0) is 80.9 Å². The number of phenolic OH excluding ortho intramolecular Hbond substituents is 1. The number of hydrogen-bond acceptors (Lipinski definition) is 5. The Morgan fingerprint density at radius 3 is 2.44 bits per heavy atom. The zero-order valence-electron chi connectivity index (χ0n) is 20.9. The molecule has 0 radical (unpaired) electrons. The number of carbonyl (C=O) groups excluding carboxylic acids is 1. The molecule has 6 nitrogen and oxygen atoms in total. The van der Waals surface area contributed by atoms with Crippen molar-refractivity contribution >= 4 is 5.91 Å². The van der Waals surface area contributed by atoms with E-state index in [2.05, 4.69) is 39.0 Å². The van der Waals surface area contributed by atoms with Gasteiger partial charge in [-0.15, -0.1) is 0 Å². The van der Waals surface area contributed by atoms with Gasteiger partial charge in [-0.1, -0.05) is 42.5 Å². The number of ether oxygens (including phenoxy) is 1. The number of phenols is 1. The van der Waals surface area contributed by atoms with Gasteiger partial charge in [-0.2, -0.15) is 0 Å². The standard InChI is InChI=1S/C30H35N3O3/c1-36-29-12-7-11-28(34)25(29)21-32-18-15-23(16-19-32)27(20-22-8-3-2-4-9-22)33(24-13-14-24)30(35)26-10-5-6-17-31-26/h2-12,17,23-24,27,34H,13-16,18-21H2,1H3/t27-/m1/s1. The molecule has 0 unspecified atom stereocenters. The number of amides is 1. The number of aromatic nitrogens is 1. The van der Waals surface area contributed by atoms with Crippen molar-refractivity contribution in [2.24, 2.45) is 5.92 Å². The molecule has 5 rings (SSSR count). The third-order valence-corrected chi connectivity index (χ3v) is 7.59. The van der Waals surface area contributed by atoms with E-state index >= 15 is 0 Å². The minimum Gasteiger partial charge on any atom is -0.507 e. The Kier molecular flexibility index (Phi) is 7.52. The highest BCUT2D eigenvalue weighted by Gasteiger charge is 2.42. The number of hydrogen-bond donors (Lipinski definition) is 1. The molecule has 2 aliphatic rings. The van der Waals surface area contributed by atoms with E-state index in [1.807, 2.05) is 36.4 Å². The summed E-state index contributed by atoms with van der Waals surface area (Å²) in [6, 6.07) is 22.0. The number of carbonyl (C=O) groups is 1. The maximum absolute atomic E-state index is 13.7. The Morgan fingerprint density at radius 2 is 1.78 bits per heavy atom. The average Bonchev–Trinajstić information content (AvgIpc) is 3.76. The van der Waals surface area contributed by atoms with Crippen LogP contribution in [0.4, 0.5) is 0 Å². The Balaban J connectivity index is 1.35. The van der Waals surface area contributed by atoms with Crippen molar-refractivity contribution in [1.82, 2.24) is 14.8 Å². The first-order chi connectivity index (χ1) is 17.6. The maximum atomic E-state index is 13.7. The van der Waals surface area contributed by atoms with Crippen molar-refractivity contribution in [1.29, 1.82) is 0 Å². The molecule has 1 saturated heterocycles. The Morgan fingerprint density at radius 1 is 1.03 bits per heavy atom. The van der Waals surface area contributed by atoms with Gasteiger partial charge in [0.15, 0.2) is 0 Å². The first kappa shape index (κ1) is 24.3. The summed E-state index contributed by atoms with van der Waals surface area (Å²) >= 11 is 0. The quantitative estimate of drug-likeness (QED) is 0.466. The summed E-state index contributed by atoms with van der Waals surface area (Å²) in [5.74, 6) is 1.46. The summed E-state index contributed by atoms with van der Waals surface area (Å²) < 4.78 is 5.49. The monoisotopic (exact) mass is 485 g/mol. The number of piperidine rings is 1. The van der Waals surface area contributed by atoms with Crippen LogP contribution in [0.1, 0.15) is 47.3 Å². The van der Waals surface area contributed by atoms with E-state index < -0.39 is 0 Å². The fraction of sp³-hybridized carbons (Fsp3) is 0.400. The molecule has 1 atom stereocenters. The number of likely N-dealkylation sites (tertiary alicyclic amines) is 1. The third kappa shape index (κ3) is 5.54. The topological polar surface area (TPSA) is 65.9 Å².